The van der Waals surface area contributed by atoms with Gasteiger partial charge in [-0.05, 0) is 31.4 Å². The lowest BCUT2D eigenvalue weighted by molar-refractivity contribution is -0.0969. The number of aromatic nitrogens is 2. The Kier molecular flexibility index (Phi) is 6.44. The molecule has 1 N–H and O–H groups in total. The molecule has 1 rings (SSSR count). The Morgan fingerprint density at radius 2 is 2.06 bits per heavy atom. The summed E-state index contributed by atoms with van der Waals surface area (Å²) in [6, 6.07) is 0. The highest BCUT2D eigenvalue weighted by Gasteiger charge is 2.04. The summed E-state index contributed by atoms with van der Waals surface area (Å²) < 4.78 is 10.6. The van der Waals surface area contributed by atoms with Gasteiger partial charge >= 0.3 is 0 Å². The van der Waals surface area contributed by atoms with Crippen molar-refractivity contribution in [2.75, 3.05) is 25.6 Å². The Bertz CT molecular complexity index is 437. The fraction of sp³-hybridized carbons (Fsp3) is 0.500. The van der Waals surface area contributed by atoms with E-state index in [0.717, 1.165) is 0 Å². The van der Waals surface area contributed by atoms with Gasteiger partial charge in [-0.1, -0.05) is 5.92 Å². The van der Waals surface area contributed by atoms with Crippen LogP contribution >= 0.6 is 11.6 Å². The van der Waals surface area contributed by atoms with E-state index in [2.05, 4.69) is 27.1 Å². The molecule has 0 aromatic carbocycles. The van der Waals surface area contributed by atoms with Crippen molar-refractivity contribution in [3.05, 3.63) is 17.0 Å². The third kappa shape index (κ3) is 4.49. The summed E-state index contributed by atoms with van der Waals surface area (Å²) in [6.45, 7) is 4.85. The minimum Gasteiger partial charge on any atom is -0.372 e. The van der Waals surface area contributed by atoms with Crippen LogP contribution in [0.2, 0.25) is 5.28 Å². The van der Waals surface area contributed by atoms with Crippen LogP contribution < -0.4 is 5.32 Å². The van der Waals surface area contributed by atoms with E-state index in [-0.39, 0.29) is 5.28 Å². The van der Waals surface area contributed by atoms with Gasteiger partial charge in [0, 0.05) is 26.5 Å². The highest BCUT2D eigenvalue weighted by molar-refractivity contribution is 6.28. The van der Waals surface area contributed by atoms with Crippen LogP contribution in [0.15, 0.2) is 6.20 Å². The van der Waals surface area contributed by atoms with Gasteiger partial charge in [-0.2, -0.15) is 4.98 Å². The van der Waals surface area contributed by atoms with E-state index in [1.54, 1.807) is 13.2 Å². The number of hydrogen-bond acceptors (Lipinski definition) is 5. The molecule has 0 saturated carbocycles. The van der Waals surface area contributed by atoms with E-state index in [0.29, 0.717) is 24.6 Å². The van der Waals surface area contributed by atoms with Crippen LogP contribution in [0, 0.1) is 11.8 Å². The highest BCUT2D eigenvalue weighted by Crippen LogP contribution is 2.12. The van der Waals surface area contributed by atoms with Crippen LogP contribution in [-0.4, -0.2) is 36.5 Å². The topological polar surface area (TPSA) is 56.3 Å². The summed E-state index contributed by atoms with van der Waals surface area (Å²) in [5.41, 5.74) is 0.645. The third-order valence-electron chi connectivity index (χ3n) is 1.96. The summed E-state index contributed by atoms with van der Waals surface area (Å²) in [6.07, 6.45) is 1.02. The van der Waals surface area contributed by atoms with Crippen LogP contribution in [0.5, 0.6) is 0 Å². The van der Waals surface area contributed by atoms with E-state index < -0.39 is 6.29 Å². The second-order valence-corrected chi connectivity index (χ2v) is 3.50. The average molecular weight is 270 g/mol. The Labute approximate surface area is 112 Å². The van der Waals surface area contributed by atoms with Crippen molar-refractivity contribution in [2.24, 2.45) is 0 Å². The van der Waals surface area contributed by atoms with Crippen LogP contribution in [0.3, 0.4) is 0 Å². The molecule has 1 heterocycles. The van der Waals surface area contributed by atoms with Gasteiger partial charge in [0.05, 0.1) is 5.56 Å². The number of rotatable bonds is 5. The molecule has 0 unspecified atom stereocenters. The van der Waals surface area contributed by atoms with Crippen LogP contribution in [0.25, 0.3) is 0 Å². The van der Waals surface area contributed by atoms with Gasteiger partial charge in [0.2, 0.25) is 11.6 Å². The summed E-state index contributed by atoms with van der Waals surface area (Å²) >= 11 is 5.70. The molecule has 1 aromatic heterocycles. The van der Waals surface area contributed by atoms with Crippen molar-refractivity contribution in [3.63, 3.8) is 0 Å². The van der Waals surface area contributed by atoms with Crippen molar-refractivity contribution >= 4 is 17.4 Å². The third-order valence-corrected chi connectivity index (χ3v) is 2.14. The number of anilines is 1. The van der Waals surface area contributed by atoms with Crippen LogP contribution in [0.1, 0.15) is 19.4 Å². The van der Waals surface area contributed by atoms with Gasteiger partial charge < -0.3 is 14.8 Å². The molecule has 0 aliphatic heterocycles. The monoisotopic (exact) mass is 269 g/mol. The number of halogens is 1. The first-order chi connectivity index (χ1) is 8.71. The van der Waals surface area contributed by atoms with E-state index in [1.807, 2.05) is 13.8 Å². The van der Waals surface area contributed by atoms with Crippen molar-refractivity contribution in [2.45, 2.75) is 20.1 Å². The molecule has 0 atom stereocenters. The Balaban J connectivity index is 2.88. The minimum absolute atomic E-state index is 0.177. The van der Waals surface area contributed by atoms with Gasteiger partial charge in [0.1, 0.15) is 5.82 Å². The molecule has 0 fully saturated rings. The quantitative estimate of drug-likeness (QED) is 0.503. The molecule has 0 spiro atoms. The van der Waals surface area contributed by atoms with E-state index >= 15 is 0 Å². The molecular formula is C12H16ClN3O2. The number of hydrogen-bond donors (Lipinski definition) is 1. The molecule has 0 saturated heterocycles. The number of ether oxygens (including phenoxy) is 2. The van der Waals surface area contributed by atoms with Gasteiger partial charge in [-0.25, -0.2) is 4.98 Å². The Hall–Kier alpha value is -1.35. The second kappa shape index (κ2) is 7.88. The minimum atomic E-state index is -0.541. The lowest BCUT2D eigenvalue weighted by Crippen LogP contribution is -2.14. The van der Waals surface area contributed by atoms with Gasteiger partial charge in [0.15, 0.2) is 0 Å². The van der Waals surface area contributed by atoms with Crippen molar-refractivity contribution < 1.29 is 9.47 Å². The molecule has 0 radical (unpaired) electrons. The van der Waals surface area contributed by atoms with E-state index in [4.69, 9.17) is 21.1 Å². The van der Waals surface area contributed by atoms with E-state index in [9.17, 15) is 0 Å². The lowest BCUT2D eigenvalue weighted by Gasteiger charge is -2.09. The number of nitrogens with zero attached hydrogens (tertiary/aromatic N) is 2. The fourth-order valence-corrected chi connectivity index (χ4v) is 1.35. The molecule has 18 heavy (non-hydrogen) atoms. The summed E-state index contributed by atoms with van der Waals surface area (Å²) in [5, 5.41) is 3.08. The molecule has 0 amide bonds. The fourth-order valence-electron chi connectivity index (χ4n) is 1.21. The summed E-state index contributed by atoms with van der Waals surface area (Å²) in [5.74, 6) is 6.37. The predicted octanol–water partition coefficient (Wildman–Crippen LogP) is 1.92. The van der Waals surface area contributed by atoms with Gasteiger partial charge in [-0.3, -0.25) is 0 Å². The standard InChI is InChI=1S/C12H16ClN3O2/c1-4-17-10(18-5-2)7-6-9-8-15-12(13)16-11(9)14-3/h8,10H,4-5H2,1-3H3,(H,14,15,16). The van der Waals surface area contributed by atoms with Gasteiger partial charge in [-0.15, -0.1) is 0 Å². The smallest absolute Gasteiger partial charge is 0.224 e. The van der Waals surface area contributed by atoms with Crippen LogP contribution in [-0.2, 0) is 9.47 Å². The molecule has 0 bridgehead atoms. The molecule has 6 heteroatoms. The first-order valence-corrected chi connectivity index (χ1v) is 6.04. The van der Waals surface area contributed by atoms with Gasteiger partial charge in [0.25, 0.3) is 0 Å². The highest BCUT2D eigenvalue weighted by atomic mass is 35.5. The molecule has 0 aliphatic carbocycles. The van der Waals surface area contributed by atoms with Crippen molar-refractivity contribution in [3.8, 4) is 11.8 Å². The maximum atomic E-state index is 5.70. The molecule has 0 aliphatic rings. The molecule has 5 nitrogen and oxygen atoms in total. The zero-order valence-electron chi connectivity index (χ0n) is 10.7. The molecule has 98 valence electrons. The predicted molar refractivity (Wildman–Crippen MR) is 70.5 cm³/mol. The zero-order chi connectivity index (χ0) is 13.4. The summed E-state index contributed by atoms with van der Waals surface area (Å²) in [4.78, 5) is 7.91. The molecule has 1 aromatic rings. The van der Waals surface area contributed by atoms with Crippen LogP contribution in [0.4, 0.5) is 5.82 Å². The SMILES string of the molecule is CCOC(C#Cc1cnc(Cl)nc1NC)OCC. The number of nitrogens with one attached hydrogen (secondary N) is 1. The molecular weight excluding hydrogens is 254 g/mol. The lowest BCUT2D eigenvalue weighted by atomic mass is 10.3. The maximum Gasteiger partial charge on any atom is 0.224 e. The first kappa shape index (κ1) is 14.7. The van der Waals surface area contributed by atoms with Crippen molar-refractivity contribution in [1.29, 1.82) is 0 Å². The first-order valence-electron chi connectivity index (χ1n) is 5.66. The van der Waals surface area contributed by atoms with Crippen molar-refractivity contribution in [1.82, 2.24) is 9.97 Å². The average Bonchev–Trinajstić information content (AvgIpc) is 2.37. The maximum absolute atomic E-state index is 5.70. The second-order valence-electron chi connectivity index (χ2n) is 3.16. The Morgan fingerprint density at radius 1 is 1.39 bits per heavy atom. The summed E-state index contributed by atoms with van der Waals surface area (Å²) in [7, 11) is 1.74. The normalized spacial score (nSPS) is 10.1. The largest absolute Gasteiger partial charge is 0.372 e. The Morgan fingerprint density at radius 3 is 2.61 bits per heavy atom. The zero-order valence-corrected chi connectivity index (χ0v) is 11.4. The van der Waals surface area contributed by atoms with E-state index in [1.165, 1.54) is 0 Å².